The van der Waals surface area contributed by atoms with E-state index in [0.717, 1.165) is 25.4 Å². The fraction of sp³-hybridized carbons (Fsp3) is 0.444. The Balaban J connectivity index is 1.91. The first kappa shape index (κ1) is 15.3. The molecule has 1 N–H and O–H groups in total. The maximum absolute atomic E-state index is 9.44. The number of hydrogen-bond donors (Lipinski definition) is 1. The van der Waals surface area contributed by atoms with Crippen LogP contribution >= 0.6 is 0 Å². The van der Waals surface area contributed by atoms with E-state index in [-0.39, 0.29) is 12.5 Å². The zero-order valence-electron chi connectivity index (χ0n) is 13.0. The van der Waals surface area contributed by atoms with Crippen LogP contribution in [0.1, 0.15) is 5.56 Å². The highest BCUT2D eigenvalue weighted by Gasteiger charge is 2.20. The van der Waals surface area contributed by atoms with Crippen molar-refractivity contribution >= 4 is 10.8 Å². The lowest BCUT2D eigenvalue weighted by Gasteiger charge is -2.24. The van der Waals surface area contributed by atoms with Crippen LogP contribution in [0.4, 0.5) is 0 Å². The van der Waals surface area contributed by atoms with Gasteiger partial charge in [-0.1, -0.05) is 30.3 Å². The molecule has 0 saturated carbocycles. The molecule has 0 aliphatic carbocycles. The summed E-state index contributed by atoms with van der Waals surface area (Å²) in [4.78, 5) is 2.35. The highest BCUT2D eigenvalue weighted by atomic mass is 16.5. The normalized spacial score (nSPS) is 20.0. The van der Waals surface area contributed by atoms with Crippen LogP contribution in [-0.4, -0.2) is 50.0 Å². The van der Waals surface area contributed by atoms with Crippen molar-refractivity contribution in [1.29, 1.82) is 0 Å². The van der Waals surface area contributed by atoms with Crippen molar-refractivity contribution in [3.8, 4) is 5.75 Å². The number of aliphatic hydroxyl groups is 1. The van der Waals surface area contributed by atoms with Crippen molar-refractivity contribution in [2.45, 2.75) is 6.54 Å². The molecule has 3 rings (SSSR count). The van der Waals surface area contributed by atoms with Gasteiger partial charge in [-0.3, -0.25) is 4.90 Å². The molecular weight excluding hydrogens is 278 g/mol. The summed E-state index contributed by atoms with van der Waals surface area (Å²) < 4.78 is 11.1. The summed E-state index contributed by atoms with van der Waals surface area (Å²) in [6.45, 7) is 4.06. The van der Waals surface area contributed by atoms with Crippen LogP contribution in [0.5, 0.6) is 5.75 Å². The molecule has 0 radical (unpaired) electrons. The standard InChI is InChI=1S/C18H23NO3/c1-21-18-7-6-15-4-2-3-5-16(15)17(18)11-19-8-9-22-13-14(10-19)12-20/h2-7,14,20H,8-13H2,1H3. The average Bonchev–Trinajstić information content (AvgIpc) is 2.80. The number of methoxy groups -OCH3 is 1. The number of ether oxygens (including phenoxy) is 2. The summed E-state index contributed by atoms with van der Waals surface area (Å²) in [5, 5.41) is 11.9. The number of benzene rings is 2. The Morgan fingerprint density at radius 3 is 2.95 bits per heavy atom. The van der Waals surface area contributed by atoms with Crippen molar-refractivity contribution in [2.24, 2.45) is 5.92 Å². The maximum Gasteiger partial charge on any atom is 0.123 e. The SMILES string of the molecule is COc1ccc2ccccc2c1CN1CCOCC(CO)C1. The Bertz CT molecular complexity index is 629. The van der Waals surface area contributed by atoms with Gasteiger partial charge in [0.05, 0.1) is 20.3 Å². The average molecular weight is 301 g/mol. The summed E-state index contributed by atoms with van der Waals surface area (Å²) in [6.07, 6.45) is 0. The van der Waals surface area contributed by atoms with E-state index in [0.29, 0.717) is 13.2 Å². The van der Waals surface area contributed by atoms with Gasteiger partial charge in [-0.05, 0) is 16.8 Å². The second-order valence-corrected chi connectivity index (χ2v) is 5.83. The molecule has 1 heterocycles. The molecule has 0 aromatic heterocycles. The number of fused-ring (bicyclic) bond motifs is 1. The molecule has 0 spiro atoms. The number of rotatable bonds is 4. The molecular formula is C18H23NO3. The highest BCUT2D eigenvalue weighted by molar-refractivity contribution is 5.87. The summed E-state index contributed by atoms with van der Waals surface area (Å²) in [6, 6.07) is 12.5. The lowest BCUT2D eigenvalue weighted by atomic mass is 10.0. The fourth-order valence-electron chi connectivity index (χ4n) is 3.10. The van der Waals surface area contributed by atoms with Gasteiger partial charge in [-0.15, -0.1) is 0 Å². The van der Waals surface area contributed by atoms with Gasteiger partial charge < -0.3 is 14.6 Å². The molecule has 1 aliphatic heterocycles. The lowest BCUT2D eigenvalue weighted by Crippen LogP contribution is -2.31. The summed E-state index contributed by atoms with van der Waals surface area (Å²) in [5.41, 5.74) is 1.21. The first-order valence-corrected chi connectivity index (χ1v) is 7.77. The molecule has 0 bridgehead atoms. The van der Waals surface area contributed by atoms with Crippen LogP contribution in [-0.2, 0) is 11.3 Å². The largest absolute Gasteiger partial charge is 0.496 e. The highest BCUT2D eigenvalue weighted by Crippen LogP contribution is 2.29. The first-order chi connectivity index (χ1) is 10.8. The van der Waals surface area contributed by atoms with E-state index in [1.807, 2.05) is 6.07 Å². The van der Waals surface area contributed by atoms with Crippen molar-refractivity contribution in [3.63, 3.8) is 0 Å². The molecule has 1 saturated heterocycles. The minimum absolute atomic E-state index is 0.170. The van der Waals surface area contributed by atoms with Crippen LogP contribution in [0.2, 0.25) is 0 Å². The Morgan fingerprint density at radius 2 is 2.14 bits per heavy atom. The maximum atomic E-state index is 9.44. The third-order valence-electron chi connectivity index (χ3n) is 4.28. The van der Waals surface area contributed by atoms with Gasteiger partial charge in [-0.2, -0.15) is 0 Å². The van der Waals surface area contributed by atoms with E-state index in [9.17, 15) is 5.11 Å². The molecule has 0 amide bonds. The smallest absolute Gasteiger partial charge is 0.123 e. The van der Waals surface area contributed by atoms with Gasteiger partial charge in [0.1, 0.15) is 5.75 Å². The Hall–Kier alpha value is -1.62. The van der Waals surface area contributed by atoms with Crippen LogP contribution in [0.3, 0.4) is 0 Å². The number of nitrogens with zero attached hydrogens (tertiary/aromatic N) is 1. The second-order valence-electron chi connectivity index (χ2n) is 5.83. The van der Waals surface area contributed by atoms with Gasteiger partial charge in [-0.25, -0.2) is 0 Å². The van der Waals surface area contributed by atoms with Gasteiger partial charge >= 0.3 is 0 Å². The van der Waals surface area contributed by atoms with Crippen LogP contribution in [0.25, 0.3) is 10.8 Å². The Labute approximate surface area is 131 Å². The predicted molar refractivity (Wildman–Crippen MR) is 87.2 cm³/mol. The predicted octanol–water partition coefficient (Wildman–Crippen LogP) is 2.29. The molecule has 2 aromatic rings. The summed E-state index contributed by atoms with van der Waals surface area (Å²) in [7, 11) is 1.72. The van der Waals surface area contributed by atoms with Crippen molar-refractivity contribution in [1.82, 2.24) is 4.90 Å². The monoisotopic (exact) mass is 301 g/mol. The van der Waals surface area contributed by atoms with Crippen molar-refractivity contribution in [3.05, 3.63) is 42.0 Å². The Kier molecular flexibility index (Phi) is 4.93. The van der Waals surface area contributed by atoms with Gasteiger partial charge in [0, 0.05) is 37.7 Å². The van der Waals surface area contributed by atoms with Crippen LogP contribution < -0.4 is 4.74 Å². The van der Waals surface area contributed by atoms with E-state index >= 15 is 0 Å². The van der Waals surface area contributed by atoms with Gasteiger partial charge in [0.2, 0.25) is 0 Å². The Morgan fingerprint density at radius 1 is 1.27 bits per heavy atom. The minimum Gasteiger partial charge on any atom is -0.496 e. The van der Waals surface area contributed by atoms with Crippen molar-refractivity contribution in [2.75, 3.05) is 40.0 Å². The number of aliphatic hydroxyl groups excluding tert-OH is 1. The third-order valence-corrected chi connectivity index (χ3v) is 4.28. The van der Waals surface area contributed by atoms with Gasteiger partial charge in [0.15, 0.2) is 0 Å². The zero-order chi connectivity index (χ0) is 15.4. The molecule has 118 valence electrons. The molecule has 1 fully saturated rings. The van der Waals surface area contributed by atoms with E-state index in [1.165, 1.54) is 16.3 Å². The quantitative estimate of drug-likeness (QED) is 0.941. The van der Waals surface area contributed by atoms with Crippen molar-refractivity contribution < 1.29 is 14.6 Å². The van der Waals surface area contributed by atoms with Crippen LogP contribution in [0, 0.1) is 5.92 Å². The zero-order valence-corrected chi connectivity index (χ0v) is 13.0. The second kappa shape index (κ2) is 7.09. The van der Waals surface area contributed by atoms with Crippen LogP contribution in [0.15, 0.2) is 36.4 Å². The molecule has 4 nitrogen and oxygen atoms in total. The lowest BCUT2D eigenvalue weighted by molar-refractivity contribution is 0.0958. The third kappa shape index (κ3) is 3.24. The first-order valence-electron chi connectivity index (χ1n) is 7.77. The summed E-state index contributed by atoms with van der Waals surface area (Å²) in [5.74, 6) is 1.10. The summed E-state index contributed by atoms with van der Waals surface area (Å²) >= 11 is 0. The molecule has 1 atom stereocenters. The number of hydrogen-bond acceptors (Lipinski definition) is 4. The van der Waals surface area contributed by atoms with Gasteiger partial charge in [0.25, 0.3) is 0 Å². The fourth-order valence-corrected chi connectivity index (χ4v) is 3.10. The molecule has 2 aromatic carbocycles. The molecule has 22 heavy (non-hydrogen) atoms. The van der Waals surface area contributed by atoms with E-state index in [4.69, 9.17) is 9.47 Å². The molecule has 4 heteroatoms. The molecule has 1 aliphatic rings. The molecule has 1 unspecified atom stereocenters. The van der Waals surface area contributed by atoms with E-state index in [2.05, 4.69) is 35.2 Å². The van der Waals surface area contributed by atoms with E-state index < -0.39 is 0 Å². The minimum atomic E-state index is 0.170. The topological polar surface area (TPSA) is 41.9 Å². The van der Waals surface area contributed by atoms with E-state index in [1.54, 1.807) is 7.11 Å².